The summed E-state index contributed by atoms with van der Waals surface area (Å²) in [5, 5.41) is 3.26. The maximum absolute atomic E-state index is 13.3. The first-order valence-electron chi connectivity index (χ1n) is 10.1. The highest BCUT2D eigenvalue weighted by Crippen LogP contribution is 2.23. The monoisotopic (exact) mass is 474 g/mol. The predicted molar refractivity (Wildman–Crippen MR) is 125 cm³/mol. The molecule has 0 aliphatic rings. The van der Waals surface area contributed by atoms with Gasteiger partial charge in [-0.3, -0.25) is 4.79 Å². The molecule has 32 heavy (non-hydrogen) atoms. The molecule has 0 radical (unpaired) electrons. The molecule has 0 aromatic heterocycles. The maximum atomic E-state index is 13.3. The number of sulfonamides is 1. The number of para-hydroxylation sites is 1. The fourth-order valence-corrected chi connectivity index (χ4v) is 4.83. The zero-order chi connectivity index (χ0) is 23.3. The van der Waals surface area contributed by atoms with E-state index in [0.717, 1.165) is 21.9 Å². The summed E-state index contributed by atoms with van der Waals surface area (Å²) in [5.41, 5.74) is 3.10. The average Bonchev–Trinajstić information content (AvgIpc) is 2.76. The lowest BCUT2D eigenvalue weighted by molar-refractivity contribution is -0.116. The summed E-state index contributed by atoms with van der Waals surface area (Å²) in [6, 6.07) is 17.0. The summed E-state index contributed by atoms with van der Waals surface area (Å²) in [6.45, 7) is 3.37. The molecule has 0 unspecified atom stereocenters. The van der Waals surface area contributed by atoms with Crippen LogP contribution >= 0.6 is 11.6 Å². The summed E-state index contributed by atoms with van der Waals surface area (Å²) < 4.78 is 41.0. The number of rotatable bonds is 8. The zero-order valence-corrected chi connectivity index (χ0v) is 19.4. The molecule has 3 rings (SSSR count). The lowest BCUT2D eigenvalue weighted by Crippen LogP contribution is -2.37. The Bertz CT molecular complexity index is 1200. The molecule has 0 bridgehead atoms. The minimum atomic E-state index is -4.02. The van der Waals surface area contributed by atoms with Crippen LogP contribution in [0.4, 0.5) is 10.1 Å². The second kappa shape index (κ2) is 10.3. The van der Waals surface area contributed by atoms with Crippen molar-refractivity contribution in [1.29, 1.82) is 0 Å². The third-order valence-corrected chi connectivity index (χ3v) is 7.11. The van der Waals surface area contributed by atoms with Crippen LogP contribution in [0, 0.1) is 12.7 Å². The lowest BCUT2D eigenvalue weighted by Gasteiger charge is -2.23. The Morgan fingerprint density at radius 2 is 1.69 bits per heavy atom. The van der Waals surface area contributed by atoms with Gasteiger partial charge in [0.2, 0.25) is 15.9 Å². The number of hydrogen-bond donors (Lipinski definition) is 1. The molecule has 1 N–H and O–H groups in total. The molecule has 0 spiro atoms. The molecule has 3 aromatic carbocycles. The fraction of sp³-hybridized carbons (Fsp3) is 0.208. The minimum absolute atomic E-state index is 0.0157. The summed E-state index contributed by atoms with van der Waals surface area (Å²) >= 11 is 5.90. The van der Waals surface area contributed by atoms with Gasteiger partial charge in [0.1, 0.15) is 5.82 Å². The molecule has 5 nitrogen and oxygen atoms in total. The van der Waals surface area contributed by atoms with Crippen LogP contribution in [0.1, 0.15) is 23.6 Å². The molecule has 0 heterocycles. The van der Waals surface area contributed by atoms with Crippen molar-refractivity contribution < 1.29 is 17.6 Å². The van der Waals surface area contributed by atoms with E-state index in [-0.39, 0.29) is 11.4 Å². The van der Waals surface area contributed by atoms with E-state index in [1.54, 1.807) is 0 Å². The van der Waals surface area contributed by atoms with E-state index in [4.69, 9.17) is 11.6 Å². The normalized spacial score (nSPS) is 11.5. The minimum Gasteiger partial charge on any atom is -0.324 e. The fourth-order valence-electron chi connectivity index (χ4n) is 3.32. The van der Waals surface area contributed by atoms with Gasteiger partial charge in [-0.2, -0.15) is 4.31 Å². The van der Waals surface area contributed by atoms with Crippen LogP contribution < -0.4 is 5.32 Å². The Kier molecular flexibility index (Phi) is 7.66. The molecule has 8 heteroatoms. The largest absolute Gasteiger partial charge is 0.324 e. The molecule has 0 aliphatic heterocycles. The van der Waals surface area contributed by atoms with Crippen molar-refractivity contribution in [2.24, 2.45) is 0 Å². The van der Waals surface area contributed by atoms with Crippen molar-refractivity contribution in [2.45, 2.75) is 31.7 Å². The first-order chi connectivity index (χ1) is 15.2. The number of hydrogen-bond acceptors (Lipinski definition) is 3. The number of nitrogens with one attached hydrogen (secondary N) is 1. The summed E-state index contributed by atoms with van der Waals surface area (Å²) in [4.78, 5) is 12.9. The number of carbonyl (C=O) groups is 1. The highest BCUT2D eigenvalue weighted by atomic mass is 35.5. The molecule has 0 aliphatic carbocycles. The highest BCUT2D eigenvalue weighted by Gasteiger charge is 2.27. The second-order valence-corrected chi connectivity index (χ2v) is 9.74. The SMILES string of the molecule is CCc1cccc(C)c1NC(=O)CN(Cc1ccc(F)cc1)S(=O)(=O)c1ccc(Cl)cc1. The van der Waals surface area contributed by atoms with Gasteiger partial charge < -0.3 is 5.32 Å². The van der Waals surface area contributed by atoms with Crippen LogP contribution in [-0.4, -0.2) is 25.2 Å². The van der Waals surface area contributed by atoms with Gasteiger partial charge in [0.05, 0.1) is 11.4 Å². The summed E-state index contributed by atoms with van der Waals surface area (Å²) in [5.74, 6) is -0.890. The van der Waals surface area contributed by atoms with Gasteiger partial charge in [0, 0.05) is 17.3 Å². The molecule has 1 amide bonds. The number of aryl methyl sites for hydroxylation is 2. The molecule has 0 fully saturated rings. The first kappa shape index (κ1) is 23.9. The smallest absolute Gasteiger partial charge is 0.243 e. The molecule has 168 valence electrons. The molecule has 0 saturated heterocycles. The number of halogens is 2. The van der Waals surface area contributed by atoms with Crippen molar-refractivity contribution in [2.75, 3.05) is 11.9 Å². The van der Waals surface area contributed by atoms with E-state index in [1.807, 2.05) is 32.0 Å². The number of carbonyl (C=O) groups excluding carboxylic acids is 1. The van der Waals surface area contributed by atoms with Gasteiger partial charge in [-0.05, 0) is 66.4 Å². The van der Waals surface area contributed by atoms with Crippen LogP contribution in [-0.2, 0) is 27.8 Å². The average molecular weight is 475 g/mol. The standard InChI is InChI=1S/C24H24ClFN2O3S/c1-3-19-6-4-5-17(2)24(19)27-23(29)16-28(15-18-7-11-21(26)12-8-18)32(30,31)22-13-9-20(25)10-14-22/h4-14H,3,15-16H2,1-2H3,(H,27,29). The third kappa shape index (κ3) is 5.73. The van der Waals surface area contributed by atoms with Gasteiger partial charge in [0.25, 0.3) is 0 Å². The zero-order valence-electron chi connectivity index (χ0n) is 17.8. The molecular weight excluding hydrogens is 451 g/mol. The van der Waals surface area contributed by atoms with E-state index in [2.05, 4.69) is 5.32 Å². The molecular formula is C24H24ClFN2O3S. The number of amides is 1. The Morgan fingerprint density at radius 1 is 1.03 bits per heavy atom. The van der Waals surface area contributed by atoms with E-state index in [0.29, 0.717) is 16.3 Å². The number of nitrogens with zero attached hydrogens (tertiary/aromatic N) is 1. The van der Waals surface area contributed by atoms with E-state index >= 15 is 0 Å². The predicted octanol–water partition coefficient (Wildman–Crippen LogP) is 5.18. The molecule has 3 aromatic rings. The summed E-state index contributed by atoms with van der Waals surface area (Å²) in [6.07, 6.45) is 0.722. The number of benzene rings is 3. The van der Waals surface area contributed by atoms with E-state index in [1.165, 1.54) is 48.5 Å². The van der Waals surface area contributed by atoms with Gasteiger partial charge in [-0.25, -0.2) is 12.8 Å². The second-order valence-electron chi connectivity index (χ2n) is 7.36. The van der Waals surface area contributed by atoms with Gasteiger partial charge >= 0.3 is 0 Å². The van der Waals surface area contributed by atoms with Crippen LogP contribution in [0.5, 0.6) is 0 Å². The van der Waals surface area contributed by atoms with Gasteiger partial charge in [0.15, 0.2) is 0 Å². The van der Waals surface area contributed by atoms with Gasteiger partial charge in [-0.15, -0.1) is 0 Å². The topological polar surface area (TPSA) is 66.5 Å². The van der Waals surface area contributed by atoms with Crippen molar-refractivity contribution in [3.8, 4) is 0 Å². The Balaban J connectivity index is 1.91. The van der Waals surface area contributed by atoms with Crippen molar-refractivity contribution in [1.82, 2.24) is 4.31 Å². The maximum Gasteiger partial charge on any atom is 0.243 e. The van der Waals surface area contributed by atoms with E-state index < -0.39 is 28.3 Å². The van der Waals surface area contributed by atoms with Crippen LogP contribution in [0.15, 0.2) is 71.6 Å². The van der Waals surface area contributed by atoms with Crippen LogP contribution in [0.25, 0.3) is 0 Å². The molecule has 0 atom stereocenters. The van der Waals surface area contributed by atoms with Crippen molar-refractivity contribution in [3.05, 3.63) is 94.3 Å². The van der Waals surface area contributed by atoms with Crippen LogP contribution in [0.2, 0.25) is 5.02 Å². The van der Waals surface area contributed by atoms with Crippen molar-refractivity contribution >= 4 is 33.2 Å². The Labute approximate surface area is 192 Å². The Morgan fingerprint density at radius 3 is 2.31 bits per heavy atom. The summed E-state index contributed by atoms with van der Waals surface area (Å²) in [7, 11) is -4.02. The lowest BCUT2D eigenvalue weighted by atomic mass is 10.1. The Hall–Kier alpha value is -2.74. The highest BCUT2D eigenvalue weighted by molar-refractivity contribution is 7.89. The van der Waals surface area contributed by atoms with E-state index in [9.17, 15) is 17.6 Å². The molecule has 0 saturated carbocycles. The van der Waals surface area contributed by atoms with Gasteiger partial charge in [-0.1, -0.05) is 48.9 Å². The van der Waals surface area contributed by atoms with Crippen LogP contribution in [0.3, 0.4) is 0 Å². The quantitative estimate of drug-likeness (QED) is 0.489. The van der Waals surface area contributed by atoms with Crippen molar-refractivity contribution in [3.63, 3.8) is 0 Å². The first-order valence-corrected chi connectivity index (χ1v) is 11.9. The third-order valence-electron chi connectivity index (χ3n) is 5.05. The number of anilines is 1.